The number of carbonyl (C=O) groups is 3. The summed E-state index contributed by atoms with van der Waals surface area (Å²) < 4.78 is 15.9. The highest BCUT2D eigenvalue weighted by molar-refractivity contribution is 6.00. The minimum absolute atomic E-state index is 0.00274. The summed E-state index contributed by atoms with van der Waals surface area (Å²) in [5, 5.41) is 5.43. The molecule has 0 aliphatic rings. The number of hydrogen-bond acceptors (Lipinski definition) is 6. The fraction of sp³-hybridized carbons (Fsp3) is 0.421. The minimum atomic E-state index is -1.18. The summed E-state index contributed by atoms with van der Waals surface area (Å²) in [6, 6.07) is 4.48. The molecule has 8 nitrogen and oxygen atoms in total. The minimum Gasteiger partial charge on any atom is -0.497 e. The Labute approximate surface area is 157 Å². The molecule has 3 amide bonds. The number of methoxy groups -OCH3 is 1. The number of carbonyl (C=O) groups excluding carboxylic acids is 3. The number of fused-ring (bicyclic) bond motifs is 1. The van der Waals surface area contributed by atoms with E-state index < -0.39 is 29.6 Å². The first-order chi connectivity index (χ1) is 12.5. The second-order valence-corrected chi connectivity index (χ2v) is 7.16. The van der Waals surface area contributed by atoms with Crippen LogP contribution in [-0.4, -0.2) is 36.7 Å². The van der Waals surface area contributed by atoms with E-state index in [0.29, 0.717) is 22.3 Å². The van der Waals surface area contributed by atoms with Gasteiger partial charge in [-0.15, -0.1) is 0 Å². The number of hydrogen-bond donors (Lipinski definition) is 2. The fourth-order valence-electron chi connectivity index (χ4n) is 2.37. The van der Waals surface area contributed by atoms with Crippen molar-refractivity contribution in [2.75, 3.05) is 7.11 Å². The maximum Gasteiger partial charge on any atom is 0.375 e. The molecule has 0 fully saturated rings. The van der Waals surface area contributed by atoms with E-state index >= 15 is 0 Å². The highest BCUT2D eigenvalue weighted by Crippen LogP contribution is 2.29. The molecular weight excluding hydrogens is 352 g/mol. The van der Waals surface area contributed by atoms with Gasteiger partial charge in [-0.25, -0.2) is 9.59 Å². The molecular formula is C19H24N2O6. The number of imide groups is 1. The molecule has 0 aliphatic heterocycles. The molecule has 1 heterocycles. The molecule has 0 bridgehead atoms. The lowest BCUT2D eigenvalue weighted by Crippen LogP contribution is -2.50. The number of amides is 3. The Bertz CT molecular complexity index is 878. The van der Waals surface area contributed by atoms with Gasteiger partial charge in [-0.3, -0.25) is 10.1 Å². The van der Waals surface area contributed by atoms with E-state index in [2.05, 4.69) is 10.6 Å². The van der Waals surface area contributed by atoms with Gasteiger partial charge in [-0.05, 0) is 52.8 Å². The zero-order valence-electron chi connectivity index (χ0n) is 16.3. The predicted molar refractivity (Wildman–Crippen MR) is 98.8 cm³/mol. The van der Waals surface area contributed by atoms with Crippen molar-refractivity contribution in [3.63, 3.8) is 0 Å². The van der Waals surface area contributed by atoms with Crippen LogP contribution in [0.25, 0.3) is 11.0 Å². The molecule has 0 radical (unpaired) electrons. The van der Waals surface area contributed by atoms with E-state index in [4.69, 9.17) is 13.9 Å². The second-order valence-electron chi connectivity index (χ2n) is 7.16. The first kappa shape index (κ1) is 20.3. The van der Waals surface area contributed by atoms with Crippen LogP contribution >= 0.6 is 0 Å². The summed E-state index contributed by atoms with van der Waals surface area (Å²) in [7, 11) is 1.54. The predicted octanol–water partition coefficient (Wildman–Crippen LogP) is 2.92. The van der Waals surface area contributed by atoms with Crippen LogP contribution in [0.2, 0.25) is 0 Å². The largest absolute Gasteiger partial charge is 0.497 e. The molecule has 27 heavy (non-hydrogen) atoms. The third kappa shape index (κ3) is 4.99. The third-order valence-electron chi connectivity index (χ3n) is 3.71. The lowest BCUT2D eigenvalue weighted by atomic mass is 10.1. The van der Waals surface area contributed by atoms with E-state index in [-0.39, 0.29) is 5.76 Å². The van der Waals surface area contributed by atoms with Crippen LogP contribution in [0.3, 0.4) is 0 Å². The van der Waals surface area contributed by atoms with Gasteiger partial charge in [0.05, 0.1) is 7.11 Å². The standard InChI is InChI=1S/C19H24N2O6/c1-10-13-9-12(25-6)7-8-14(13)27-15(10)17(23)26-11(2)16(22)20-18(24)21-19(3,4)5/h7-9,11H,1-6H3,(H2,20,21,22,24). The van der Waals surface area contributed by atoms with Crippen LogP contribution in [0.4, 0.5) is 4.79 Å². The van der Waals surface area contributed by atoms with Gasteiger partial charge in [0.25, 0.3) is 5.91 Å². The average molecular weight is 376 g/mol. The summed E-state index contributed by atoms with van der Waals surface area (Å²) in [5.41, 5.74) is 0.574. The Morgan fingerprint density at radius 1 is 1.19 bits per heavy atom. The number of rotatable bonds is 4. The van der Waals surface area contributed by atoms with Gasteiger partial charge in [0.1, 0.15) is 11.3 Å². The SMILES string of the molecule is COc1ccc2oc(C(=O)OC(C)C(=O)NC(=O)NC(C)(C)C)c(C)c2c1. The van der Waals surface area contributed by atoms with Crippen molar-refractivity contribution >= 4 is 28.9 Å². The Balaban J connectivity index is 2.08. The molecule has 1 aromatic heterocycles. The number of ether oxygens (including phenoxy) is 2. The molecule has 1 unspecified atom stereocenters. The first-order valence-electron chi connectivity index (χ1n) is 8.43. The molecule has 2 rings (SSSR count). The molecule has 8 heteroatoms. The summed E-state index contributed by atoms with van der Waals surface area (Å²) in [6.45, 7) is 8.42. The van der Waals surface area contributed by atoms with E-state index in [9.17, 15) is 14.4 Å². The number of nitrogens with one attached hydrogen (secondary N) is 2. The number of aryl methyl sites for hydroxylation is 1. The molecule has 0 aliphatic carbocycles. The van der Waals surface area contributed by atoms with Crippen LogP contribution in [0.1, 0.15) is 43.8 Å². The zero-order valence-corrected chi connectivity index (χ0v) is 16.3. The lowest BCUT2D eigenvalue weighted by Gasteiger charge is -2.21. The Morgan fingerprint density at radius 3 is 2.44 bits per heavy atom. The molecule has 0 saturated heterocycles. The van der Waals surface area contributed by atoms with Gasteiger partial charge in [0.2, 0.25) is 5.76 Å². The van der Waals surface area contributed by atoms with Gasteiger partial charge in [-0.2, -0.15) is 0 Å². The van der Waals surface area contributed by atoms with Crippen molar-refractivity contribution in [1.29, 1.82) is 0 Å². The van der Waals surface area contributed by atoms with E-state index in [0.717, 1.165) is 0 Å². The van der Waals surface area contributed by atoms with Gasteiger partial charge < -0.3 is 19.2 Å². The number of urea groups is 1. The van der Waals surface area contributed by atoms with E-state index in [1.165, 1.54) is 6.92 Å². The number of benzene rings is 1. The van der Waals surface area contributed by atoms with Crippen molar-refractivity contribution in [1.82, 2.24) is 10.6 Å². The number of furan rings is 1. The van der Waals surface area contributed by atoms with Gasteiger partial charge in [0.15, 0.2) is 6.10 Å². The van der Waals surface area contributed by atoms with Gasteiger partial charge >= 0.3 is 12.0 Å². The van der Waals surface area contributed by atoms with Gasteiger partial charge in [0, 0.05) is 16.5 Å². The van der Waals surface area contributed by atoms with Crippen LogP contribution < -0.4 is 15.4 Å². The Kier molecular flexibility index (Phi) is 5.78. The topological polar surface area (TPSA) is 107 Å². The monoisotopic (exact) mass is 376 g/mol. The zero-order chi connectivity index (χ0) is 20.4. The quantitative estimate of drug-likeness (QED) is 0.795. The molecule has 2 aromatic rings. The van der Waals surface area contributed by atoms with E-state index in [1.807, 2.05) is 0 Å². The highest BCUT2D eigenvalue weighted by Gasteiger charge is 2.26. The average Bonchev–Trinajstić information content (AvgIpc) is 2.89. The van der Waals surface area contributed by atoms with Crippen molar-refractivity contribution < 1.29 is 28.3 Å². The van der Waals surface area contributed by atoms with Crippen LogP contribution in [0, 0.1) is 6.92 Å². The summed E-state index contributed by atoms with van der Waals surface area (Å²) in [4.78, 5) is 36.2. The summed E-state index contributed by atoms with van der Waals surface area (Å²) >= 11 is 0. The van der Waals surface area contributed by atoms with Gasteiger partial charge in [-0.1, -0.05) is 0 Å². The lowest BCUT2D eigenvalue weighted by molar-refractivity contribution is -0.128. The molecule has 2 N–H and O–H groups in total. The first-order valence-corrected chi connectivity index (χ1v) is 8.43. The van der Waals surface area contributed by atoms with Crippen molar-refractivity contribution in [2.24, 2.45) is 0 Å². The fourth-order valence-corrected chi connectivity index (χ4v) is 2.37. The molecule has 146 valence electrons. The van der Waals surface area contributed by atoms with Crippen LogP contribution in [0.5, 0.6) is 5.75 Å². The Hall–Kier alpha value is -3.03. The molecule has 1 aromatic carbocycles. The maximum absolute atomic E-state index is 12.4. The summed E-state index contributed by atoms with van der Waals surface area (Å²) in [5.74, 6) is -0.900. The van der Waals surface area contributed by atoms with Crippen molar-refractivity contribution in [3.8, 4) is 5.75 Å². The van der Waals surface area contributed by atoms with Crippen molar-refractivity contribution in [3.05, 3.63) is 29.5 Å². The van der Waals surface area contributed by atoms with E-state index in [1.54, 1.807) is 53.0 Å². The molecule has 1 atom stereocenters. The highest BCUT2D eigenvalue weighted by atomic mass is 16.6. The smallest absolute Gasteiger partial charge is 0.375 e. The second kappa shape index (κ2) is 7.69. The summed E-state index contributed by atoms with van der Waals surface area (Å²) in [6.07, 6.45) is -1.18. The van der Waals surface area contributed by atoms with Crippen LogP contribution in [0.15, 0.2) is 22.6 Å². The Morgan fingerprint density at radius 2 is 1.85 bits per heavy atom. The maximum atomic E-state index is 12.4. The van der Waals surface area contributed by atoms with Crippen molar-refractivity contribution in [2.45, 2.75) is 46.3 Å². The normalized spacial score (nSPS) is 12.4. The number of esters is 1. The van der Waals surface area contributed by atoms with Crippen LogP contribution in [-0.2, 0) is 9.53 Å². The molecule has 0 saturated carbocycles. The third-order valence-corrected chi connectivity index (χ3v) is 3.71. The molecule has 0 spiro atoms.